The van der Waals surface area contributed by atoms with Gasteiger partial charge in [-0.1, -0.05) is 23.2 Å². The highest BCUT2D eigenvalue weighted by molar-refractivity contribution is 6.42. The number of nitrogens with one attached hydrogen (secondary N) is 2. The van der Waals surface area contributed by atoms with E-state index in [9.17, 15) is 18.8 Å². The molecule has 0 spiro atoms. The Hall–Kier alpha value is -2.64. The minimum Gasteiger partial charge on any atom is -0.312 e. The standard InChI is InChI=1S/C18H14Cl2FN3O3/c19-14-6-1-10(7-15(14)20)17(26)22-23-18(27)11-8-16(25)24(9-11)13-4-2-12(21)3-5-13/h1-7,11H,8-9H2,(H,22,26)(H,23,27)/t11-/m1/s1. The van der Waals surface area contributed by atoms with E-state index in [2.05, 4.69) is 10.9 Å². The van der Waals surface area contributed by atoms with E-state index < -0.39 is 23.5 Å². The summed E-state index contributed by atoms with van der Waals surface area (Å²) >= 11 is 11.7. The van der Waals surface area contributed by atoms with Crippen LogP contribution in [0, 0.1) is 11.7 Å². The van der Waals surface area contributed by atoms with Gasteiger partial charge in [-0.3, -0.25) is 25.2 Å². The van der Waals surface area contributed by atoms with Gasteiger partial charge in [-0.2, -0.15) is 0 Å². The van der Waals surface area contributed by atoms with E-state index in [0.717, 1.165) is 0 Å². The second-order valence-electron chi connectivity index (χ2n) is 5.95. The Morgan fingerprint density at radius 2 is 1.74 bits per heavy atom. The van der Waals surface area contributed by atoms with E-state index >= 15 is 0 Å². The molecule has 0 bridgehead atoms. The molecule has 2 aromatic carbocycles. The average molecular weight is 410 g/mol. The largest absolute Gasteiger partial charge is 0.312 e. The highest BCUT2D eigenvalue weighted by Crippen LogP contribution is 2.25. The fraction of sp³-hybridized carbons (Fsp3) is 0.167. The lowest BCUT2D eigenvalue weighted by molar-refractivity contribution is -0.126. The number of halogens is 3. The number of hydrazine groups is 1. The minimum absolute atomic E-state index is 0.00808. The monoisotopic (exact) mass is 409 g/mol. The molecule has 1 saturated heterocycles. The molecule has 9 heteroatoms. The molecule has 0 aliphatic carbocycles. The van der Waals surface area contributed by atoms with E-state index in [1.165, 1.54) is 47.4 Å². The van der Waals surface area contributed by atoms with Crippen LogP contribution >= 0.6 is 23.2 Å². The summed E-state index contributed by atoms with van der Waals surface area (Å²) in [6.07, 6.45) is -0.00808. The molecular formula is C18H14Cl2FN3O3. The summed E-state index contributed by atoms with van der Waals surface area (Å²) in [4.78, 5) is 37.9. The summed E-state index contributed by atoms with van der Waals surface area (Å²) in [7, 11) is 0. The number of carbonyl (C=O) groups excluding carboxylic acids is 3. The Morgan fingerprint density at radius 1 is 1.04 bits per heavy atom. The first-order chi connectivity index (χ1) is 12.8. The van der Waals surface area contributed by atoms with Gasteiger partial charge in [0.1, 0.15) is 5.82 Å². The van der Waals surface area contributed by atoms with Gasteiger partial charge in [0.25, 0.3) is 5.91 Å². The normalized spacial score (nSPS) is 16.3. The predicted octanol–water partition coefficient (Wildman–Crippen LogP) is 2.95. The molecule has 2 N–H and O–H groups in total. The van der Waals surface area contributed by atoms with Gasteiger partial charge in [0.05, 0.1) is 16.0 Å². The highest BCUT2D eigenvalue weighted by Gasteiger charge is 2.35. The maximum atomic E-state index is 13.0. The molecule has 0 aromatic heterocycles. The first-order valence-electron chi connectivity index (χ1n) is 7.96. The summed E-state index contributed by atoms with van der Waals surface area (Å²) in [6.45, 7) is 0.138. The second-order valence-corrected chi connectivity index (χ2v) is 6.77. The molecule has 2 aromatic rings. The van der Waals surface area contributed by atoms with Gasteiger partial charge in [0.15, 0.2) is 0 Å². The van der Waals surface area contributed by atoms with Crippen LogP contribution in [0.2, 0.25) is 10.0 Å². The van der Waals surface area contributed by atoms with Crippen LogP contribution in [0.25, 0.3) is 0 Å². The lowest BCUT2D eigenvalue weighted by Gasteiger charge is -2.16. The minimum atomic E-state index is -0.642. The quantitative estimate of drug-likeness (QED) is 0.764. The van der Waals surface area contributed by atoms with Crippen LogP contribution in [0.15, 0.2) is 42.5 Å². The second kappa shape index (κ2) is 7.94. The Balaban J connectivity index is 1.58. The molecule has 3 amide bonds. The van der Waals surface area contributed by atoms with Crippen LogP contribution in [-0.4, -0.2) is 24.3 Å². The Bertz CT molecular complexity index is 905. The molecule has 0 unspecified atom stereocenters. The molecule has 1 heterocycles. The van der Waals surface area contributed by atoms with Crippen LogP contribution in [0.4, 0.5) is 10.1 Å². The zero-order chi connectivity index (χ0) is 19.6. The van der Waals surface area contributed by atoms with Crippen LogP contribution in [0.5, 0.6) is 0 Å². The van der Waals surface area contributed by atoms with E-state index in [1.54, 1.807) is 0 Å². The van der Waals surface area contributed by atoms with Crippen LogP contribution in [-0.2, 0) is 9.59 Å². The maximum Gasteiger partial charge on any atom is 0.269 e. The van der Waals surface area contributed by atoms with Gasteiger partial charge in [-0.25, -0.2) is 4.39 Å². The van der Waals surface area contributed by atoms with E-state index in [1.807, 2.05) is 0 Å². The molecule has 0 radical (unpaired) electrons. The van der Waals surface area contributed by atoms with E-state index in [4.69, 9.17) is 23.2 Å². The van der Waals surface area contributed by atoms with Crippen molar-refractivity contribution < 1.29 is 18.8 Å². The highest BCUT2D eigenvalue weighted by atomic mass is 35.5. The third-order valence-corrected chi connectivity index (χ3v) is 4.85. The Labute approximate surface area is 164 Å². The predicted molar refractivity (Wildman–Crippen MR) is 98.9 cm³/mol. The molecule has 3 rings (SSSR count). The zero-order valence-electron chi connectivity index (χ0n) is 13.8. The van der Waals surface area contributed by atoms with Crippen LogP contribution in [0.1, 0.15) is 16.8 Å². The summed E-state index contributed by atoms with van der Waals surface area (Å²) in [5, 5.41) is 0.523. The Kier molecular flexibility index (Phi) is 5.62. The van der Waals surface area contributed by atoms with Crippen LogP contribution < -0.4 is 15.8 Å². The smallest absolute Gasteiger partial charge is 0.269 e. The van der Waals surface area contributed by atoms with Crippen molar-refractivity contribution in [1.82, 2.24) is 10.9 Å². The van der Waals surface area contributed by atoms with Crippen molar-refractivity contribution in [2.75, 3.05) is 11.4 Å². The average Bonchev–Trinajstić information content (AvgIpc) is 3.04. The molecular weight excluding hydrogens is 396 g/mol. The Morgan fingerprint density at radius 3 is 2.41 bits per heavy atom. The number of anilines is 1. The fourth-order valence-electron chi connectivity index (χ4n) is 2.68. The summed E-state index contributed by atoms with van der Waals surface area (Å²) in [6, 6.07) is 9.74. The number of carbonyl (C=O) groups is 3. The topological polar surface area (TPSA) is 78.5 Å². The maximum absolute atomic E-state index is 13.0. The molecule has 1 aliphatic heterocycles. The van der Waals surface area contributed by atoms with Crippen molar-refractivity contribution in [3.05, 3.63) is 63.9 Å². The number of hydrogen-bond donors (Lipinski definition) is 2. The number of rotatable bonds is 3. The zero-order valence-corrected chi connectivity index (χ0v) is 15.4. The van der Waals surface area contributed by atoms with Crippen molar-refractivity contribution in [1.29, 1.82) is 0 Å². The SMILES string of the molecule is O=C(NNC(=O)[C@@H]1CC(=O)N(c2ccc(F)cc2)C1)c1ccc(Cl)c(Cl)c1. The summed E-state index contributed by atoms with van der Waals surface area (Å²) in [5.41, 5.74) is 5.32. The molecule has 140 valence electrons. The molecule has 1 aliphatic rings. The van der Waals surface area contributed by atoms with Crippen LogP contribution in [0.3, 0.4) is 0 Å². The number of nitrogens with zero attached hydrogens (tertiary/aromatic N) is 1. The lowest BCUT2D eigenvalue weighted by atomic mass is 10.1. The van der Waals surface area contributed by atoms with E-state index in [-0.39, 0.29) is 29.5 Å². The van der Waals surface area contributed by atoms with E-state index in [0.29, 0.717) is 10.7 Å². The van der Waals surface area contributed by atoms with Gasteiger partial charge >= 0.3 is 0 Å². The molecule has 27 heavy (non-hydrogen) atoms. The first-order valence-corrected chi connectivity index (χ1v) is 8.72. The van der Waals surface area contributed by atoms with Gasteiger partial charge < -0.3 is 4.90 Å². The lowest BCUT2D eigenvalue weighted by Crippen LogP contribution is -2.45. The summed E-state index contributed by atoms with van der Waals surface area (Å²) < 4.78 is 13.0. The number of benzene rings is 2. The van der Waals surface area contributed by atoms with Crippen molar-refractivity contribution in [3.63, 3.8) is 0 Å². The van der Waals surface area contributed by atoms with Gasteiger partial charge in [0.2, 0.25) is 11.8 Å². The molecule has 0 saturated carbocycles. The molecule has 6 nitrogen and oxygen atoms in total. The van der Waals surface area contributed by atoms with Crippen molar-refractivity contribution >= 4 is 46.6 Å². The third kappa shape index (κ3) is 4.37. The van der Waals surface area contributed by atoms with Gasteiger partial charge in [0, 0.05) is 24.2 Å². The van der Waals surface area contributed by atoms with Gasteiger partial charge in [-0.05, 0) is 42.5 Å². The first kappa shape index (κ1) is 19.1. The number of hydrogen-bond acceptors (Lipinski definition) is 3. The molecule has 1 atom stereocenters. The van der Waals surface area contributed by atoms with Crippen molar-refractivity contribution in [2.45, 2.75) is 6.42 Å². The number of amides is 3. The van der Waals surface area contributed by atoms with Crippen molar-refractivity contribution in [3.8, 4) is 0 Å². The summed E-state index contributed by atoms with van der Waals surface area (Å²) in [5.74, 6) is -2.37. The van der Waals surface area contributed by atoms with Gasteiger partial charge in [-0.15, -0.1) is 0 Å². The van der Waals surface area contributed by atoms with Crippen molar-refractivity contribution in [2.24, 2.45) is 5.92 Å². The third-order valence-electron chi connectivity index (χ3n) is 4.12. The molecule has 1 fully saturated rings. The fourth-order valence-corrected chi connectivity index (χ4v) is 2.98.